The second-order valence-electron chi connectivity index (χ2n) is 5.46. The fourth-order valence-electron chi connectivity index (χ4n) is 2.70. The van der Waals surface area contributed by atoms with Crippen LogP contribution in [0.15, 0.2) is 24.3 Å². The maximum atomic E-state index is 10.3. The van der Waals surface area contributed by atoms with Crippen molar-refractivity contribution in [3.05, 3.63) is 41.0 Å². The van der Waals surface area contributed by atoms with Crippen molar-refractivity contribution in [3.63, 3.8) is 0 Å². The molecule has 1 heterocycles. The third-order valence-corrected chi connectivity index (χ3v) is 3.82. The monoisotopic (exact) mass is 304 g/mol. The third-order valence-electron chi connectivity index (χ3n) is 3.82. The smallest absolute Gasteiger partial charge is 0.160 e. The first-order chi connectivity index (χ1) is 10.4. The lowest BCUT2D eigenvalue weighted by Crippen LogP contribution is -2.30. The summed E-state index contributed by atoms with van der Waals surface area (Å²) in [5, 5.41) is 48.9. The van der Waals surface area contributed by atoms with Crippen LogP contribution < -0.4 is 4.74 Å². The Morgan fingerprint density at radius 2 is 1.73 bits per heavy atom. The summed E-state index contributed by atoms with van der Waals surface area (Å²) in [5.74, 6) is -0.522. The molecule has 2 atom stereocenters. The Hall–Kier alpha value is -2.60. The minimum absolute atomic E-state index is 0.141. The van der Waals surface area contributed by atoms with Gasteiger partial charge >= 0.3 is 0 Å². The van der Waals surface area contributed by atoms with Crippen molar-refractivity contribution in [1.29, 1.82) is 0 Å². The summed E-state index contributed by atoms with van der Waals surface area (Å²) in [5.41, 5.74) is 1.37. The lowest BCUT2D eigenvalue weighted by atomic mass is 9.93. The molecule has 0 radical (unpaired) electrons. The molecule has 1 aliphatic heterocycles. The van der Waals surface area contributed by atoms with Gasteiger partial charge in [0.2, 0.25) is 0 Å². The zero-order valence-electron chi connectivity index (χ0n) is 11.8. The molecule has 0 saturated carbocycles. The molecule has 6 heteroatoms. The van der Waals surface area contributed by atoms with Crippen molar-refractivity contribution in [1.82, 2.24) is 0 Å². The van der Waals surface area contributed by atoms with Gasteiger partial charge in [0.15, 0.2) is 11.5 Å². The number of phenolic OH excluding ortho intramolecular Hbond substituents is 4. The number of aromatic hydroxyl groups is 4. The number of hydrogen-bond acceptors (Lipinski definition) is 6. The van der Waals surface area contributed by atoms with E-state index in [1.807, 2.05) is 0 Å². The van der Waals surface area contributed by atoms with E-state index < -0.39 is 12.2 Å². The highest BCUT2D eigenvalue weighted by molar-refractivity contribution is 5.52. The number of aryl methyl sites for hydroxylation is 1. The number of ether oxygens (including phenoxy) is 1. The maximum absolute atomic E-state index is 10.3. The highest BCUT2D eigenvalue weighted by Gasteiger charge is 2.32. The molecular formula is C16H16O6. The number of hydrogen-bond donors (Lipinski definition) is 5. The Morgan fingerprint density at radius 1 is 1.00 bits per heavy atom. The van der Waals surface area contributed by atoms with Crippen LogP contribution in [0.2, 0.25) is 0 Å². The number of phenols is 4. The van der Waals surface area contributed by atoms with Gasteiger partial charge in [-0.3, -0.25) is 0 Å². The fraction of sp³-hybridized carbons (Fsp3) is 0.250. The Labute approximate surface area is 126 Å². The summed E-state index contributed by atoms with van der Waals surface area (Å²) in [6, 6.07) is 5.48. The average Bonchev–Trinajstić information content (AvgIpc) is 2.44. The van der Waals surface area contributed by atoms with Crippen LogP contribution in [0.3, 0.4) is 0 Å². The number of fused-ring (bicyclic) bond motifs is 1. The van der Waals surface area contributed by atoms with Gasteiger partial charge in [-0.05, 0) is 30.2 Å². The first-order valence-electron chi connectivity index (χ1n) is 6.79. The SMILES string of the molecule is Cc1cc([C@H]2Oc3cc(O)cc(O)c3C[C@@H]2O)cc(O)c1O. The quantitative estimate of drug-likeness (QED) is 0.514. The van der Waals surface area contributed by atoms with E-state index >= 15 is 0 Å². The Balaban J connectivity index is 2.03. The van der Waals surface area contributed by atoms with E-state index in [2.05, 4.69) is 0 Å². The van der Waals surface area contributed by atoms with E-state index in [4.69, 9.17) is 4.74 Å². The molecule has 0 aliphatic carbocycles. The Kier molecular flexibility index (Phi) is 3.26. The molecule has 0 unspecified atom stereocenters. The minimum Gasteiger partial charge on any atom is -0.508 e. The predicted molar refractivity (Wildman–Crippen MR) is 77.4 cm³/mol. The number of benzene rings is 2. The molecule has 0 amide bonds. The van der Waals surface area contributed by atoms with E-state index in [1.54, 1.807) is 13.0 Å². The zero-order chi connectivity index (χ0) is 16.0. The summed E-state index contributed by atoms with van der Waals surface area (Å²) < 4.78 is 5.68. The van der Waals surface area contributed by atoms with Crippen molar-refractivity contribution < 1.29 is 30.3 Å². The lowest BCUT2D eigenvalue weighted by Gasteiger charge is -2.31. The molecule has 116 valence electrons. The van der Waals surface area contributed by atoms with Crippen LogP contribution in [0.25, 0.3) is 0 Å². The van der Waals surface area contributed by atoms with E-state index in [-0.39, 0.29) is 35.2 Å². The van der Waals surface area contributed by atoms with Crippen LogP contribution in [0, 0.1) is 6.92 Å². The van der Waals surface area contributed by atoms with Gasteiger partial charge in [0.05, 0.1) is 6.10 Å². The molecule has 2 aromatic rings. The van der Waals surface area contributed by atoms with Crippen LogP contribution >= 0.6 is 0 Å². The molecule has 0 aromatic heterocycles. The molecule has 3 rings (SSSR count). The van der Waals surface area contributed by atoms with Crippen molar-refractivity contribution in [2.45, 2.75) is 25.6 Å². The number of aliphatic hydroxyl groups excluding tert-OH is 1. The lowest BCUT2D eigenvalue weighted by molar-refractivity contribution is 0.0196. The Bertz CT molecular complexity index is 717. The van der Waals surface area contributed by atoms with E-state index in [0.717, 1.165) is 0 Å². The van der Waals surface area contributed by atoms with Crippen molar-refractivity contribution in [2.75, 3.05) is 0 Å². The van der Waals surface area contributed by atoms with Gasteiger partial charge < -0.3 is 30.3 Å². The number of rotatable bonds is 1. The molecule has 0 saturated heterocycles. The first kappa shape index (κ1) is 14.3. The van der Waals surface area contributed by atoms with Crippen molar-refractivity contribution in [3.8, 4) is 28.7 Å². The molecule has 6 nitrogen and oxygen atoms in total. The fourth-order valence-corrected chi connectivity index (χ4v) is 2.70. The molecule has 0 spiro atoms. The zero-order valence-corrected chi connectivity index (χ0v) is 11.8. The molecule has 22 heavy (non-hydrogen) atoms. The molecule has 0 bridgehead atoms. The first-order valence-corrected chi connectivity index (χ1v) is 6.79. The van der Waals surface area contributed by atoms with Gasteiger partial charge in [-0.2, -0.15) is 0 Å². The molecule has 0 fully saturated rings. The normalized spacial score (nSPS) is 20.3. The maximum Gasteiger partial charge on any atom is 0.160 e. The average molecular weight is 304 g/mol. The molecular weight excluding hydrogens is 288 g/mol. The van der Waals surface area contributed by atoms with Gasteiger partial charge in [-0.1, -0.05) is 0 Å². The second-order valence-corrected chi connectivity index (χ2v) is 5.46. The Morgan fingerprint density at radius 3 is 2.41 bits per heavy atom. The van der Waals surface area contributed by atoms with Crippen molar-refractivity contribution >= 4 is 0 Å². The van der Waals surface area contributed by atoms with E-state index in [1.165, 1.54) is 18.2 Å². The predicted octanol–water partition coefficient (Wildman–Crippen LogP) is 1.85. The highest BCUT2D eigenvalue weighted by atomic mass is 16.5. The second kappa shape index (κ2) is 4.99. The van der Waals surface area contributed by atoms with Crippen LogP contribution in [0.4, 0.5) is 0 Å². The van der Waals surface area contributed by atoms with Gasteiger partial charge in [0.1, 0.15) is 23.4 Å². The van der Waals surface area contributed by atoms with Gasteiger partial charge in [0, 0.05) is 24.1 Å². The topological polar surface area (TPSA) is 110 Å². The van der Waals surface area contributed by atoms with Crippen LogP contribution in [-0.4, -0.2) is 31.6 Å². The van der Waals surface area contributed by atoms with Gasteiger partial charge in [-0.25, -0.2) is 0 Å². The summed E-state index contributed by atoms with van der Waals surface area (Å²) in [6.45, 7) is 1.62. The summed E-state index contributed by atoms with van der Waals surface area (Å²) >= 11 is 0. The van der Waals surface area contributed by atoms with Crippen LogP contribution in [-0.2, 0) is 6.42 Å². The molecule has 1 aliphatic rings. The third kappa shape index (κ3) is 2.27. The molecule has 5 N–H and O–H groups in total. The largest absolute Gasteiger partial charge is 0.508 e. The van der Waals surface area contributed by atoms with Crippen molar-refractivity contribution in [2.24, 2.45) is 0 Å². The molecule has 2 aromatic carbocycles. The van der Waals surface area contributed by atoms with Gasteiger partial charge in [0.25, 0.3) is 0 Å². The standard InChI is InChI=1S/C16H16O6/c1-7-2-8(3-12(19)15(7)21)16-13(20)6-10-11(18)4-9(17)5-14(10)22-16/h2-5,13,16-21H,6H2,1H3/t13-,16+/m0/s1. The van der Waals surface area contributed by atoms with Crippen LogP contribution in [0.1, 0.15) is 22.8 Å². The van der Waals surface area contributed by atoms with Crippen LogP contribution in [0.5, 0.6) is 28.7 Å². The summed E-state index contributed by atoms with van der Waals surface area (Å²) in [6.07, 6.45) is -1.57. The number of aliphatic hydroxyl groups is 1. The summed E-state index contributed by atoms with van der Waals surface area (Å²) in [4.78, 5) is 0. The summed E-state index contributed by atoms with van der Waals surface area (Å²) in [7, 11) is 0. The van der Waals surface area contributed by atoms with Gasteiger partial charge in [-0.15, -0.1) is 0 Å². The minimum atomic E-state index is -0.939. The van der Waals surface area contributed by atoms with E-state index in [0.29, 0.717) is 16.7 Å². The highest BCUT2D eigenvalue weighted by Crippen LogP contribution is 2.43. The van der Waals surface area contributed by atoms with E-state index in [9.17, 15) is 25.5 Å².